The van der Waals surface area contributed by atoms with Gasteiger partial charge in [0.05, 0.1) is 18.4 Å². The van der Waals surface area contributed by atoms with Crippen LogP contribution in [0.25, 0.3) is 0 Å². The Labute approximate surface area is 159 Å². The standard InChI is InChI=1S/C21H25N3O3/c1-15-8-9-17(14-16(15)2)22-21(26)24-12-10-23(11-13-24)19-7-5-4-6-18(19)20(25)27-3/h4-9,14H,10-13H2,1-3H3,(H,22,26). The van der Waals surface area contributed by atoms with Crippen molar-refractivity contribution in [1.29, 1.82) is 0 Å². The molecule has 0 unspecified atom stereocenters. The number of benzene rings is 2. The Kier molecular flexibility index (Phi) is 5.64. The largest absolute Gasteiger partial charge is 0.465 e. The summed E-state index contributed by atoms with van der Waals surface area (Å²) in [7, 11) is 1.38. The molecule has 0 aromatic heterocycles. The normalized spacial score (nSPS) is 14.0. The molecule has 27 heavy (non-hydrogen) atoms. The first-order chi connectivity index (χ1) is 13.0. The summed E-state index contributed by atoms with van der Waals surface area (Å²) in [6.45, 7) is 6.58. The Balaban J connectivity index is 1.63. The maximum atomic E-state index is 12.6. The van der Waals surface area contributed by atoms with Crippen molar-refractivity contribution < 1.29 is 14.3 Å². The van der Waals surface area contributed by atoms with Crippen LogP contribution in [0.1, 0.15) is 21.5 Å². The first-order valence-electron chi connectivity index (χ1n) is 9.05. The molecule has 2 aromatic rings. The van der Waals surface area contributed by atoms with E-state index in [0.717, 1.165) is 16.9 Å². The molecule has 6 heteroatoms. The molecular weight excluding hydrogens is 342 g/mol. The Morgan fingerprint density at radius 1 is 0.963 bits per heavy atom. The van der Waals surface area contributed by atoms with E-state index in [0.29, 0.717) is 31.7 Å². The van der Waals surface area contributed by atoms with Crippen LogP contribution in [0.4, 0.5) is 16.2 Å². The van der Waals surface area contributed by atoms with Gasteiger partial charge in [-0.3, -0.25) is 0 Å². The number of anilines is 2. The molecular formula is C21H25N3O3. The highest BCUT2D eigenvalue weighted by molar-refractivity contribution is 5.96. The van der Waals surface area contributed by atoms with Crippen molar-refractivity contribution in [3.05, 3.63) is 59.2 Å². The fourth-order valence-corrected chi connectivity index (χ4v) is 3.20. The second kappa shape index (κ2) is 8.12. The molecule has 1 N–H and O–H groups in total. The number of nitrogens with one attached hydrogen (secondary N) is 1. The van der Waals surface area contributed by atoms with Gasteiger partial charge in [-0.15, -0.1) is 0 Å². The van der Waals surface area contributed by atoms with E-state index in [4.69, 9.17) is 4.74 Å². The molecule has 2 aromatic carbocycles. The number of methoxy groups -OCH3 is 1. The first-order valence-corrected chi connectivity index (χ1v) is 9.05. The number of urea groups is 1. The minimum Gasteiger partial charge on any atom is -0.465 e. The minimum absolute atomic E-state index is 0.0980. The highest BCUT2D eigenvalue weighted by Gasteiger charge is 2.24. The zero-order chi connectivity index (χ0) is 19.4. The summed E-state index contributed by atoms with van der Waals surface area (Å²) in [6, 6.07) is 13.2. The lowest BCUT2D eigenvalue weighted by Crippen LogP contribution is -2.50. The predicted molar refractivity (Wildman–Crippen MR) is 107 cm³/mol. The molecule has 0 atom stereocenters. The summed E-state index contributed by atoms with van der Waals surface area (Å²) >= 11 is 0. The van der Waals surface area contributed by atoms with Gasteiger partial charge in [0.1, 0.15) is 0 Å². The van der Waals surface area contributed by atoms with Gasteiger partial charge in [0, 0.05) is 31.9 Å². The number of hydrogen-bond donors (Lipinski definition) is 1. The second-order valence-corrected chi connectivity index (χ2v) is 6.71. The van der Waals surface area contributed by atoms with Gasteiger partial charge in [-0.05, 0) is 49.2 Å². The molecule has 1 aliphatic heterocycles. The van der Waals surface area contributed by atoms with E-state index in [2.05, 4.69) is 10.2 Å². The summed E-state index contributed by atoms with van der Waals surface area (Å²) in [6.07, 6.45) is 0. The van der Waals surface area contributed by atoms with Gasteiger partial charge in [0.2, 0.25) is 0 Å². The number of para-hydroxylation sites is 1. The number of aryl methyl sites for hydroxylation is 2. The van der Waals surface area contributed by atoms with Crippen LogP contribution in [-0.4, -0.2) is 50.2 Å². The van der Waals surface area contributed by atoms with Crippen molar-refractivity contribution >= 4 is 23.4 Å². The van der Waals surface area contributed by atoms with Gasteiger partial charge in [0.15, 0.2) is 0 Å². The molecule has 0 radical (unpaired) electrons. The van der Waals surface area contributed by atoms with Crippen LogP contribution in [0.5, 0.6) is 0 Å². The molecule has 2 amide bonds. The molecule has 1 aliphatic rings. The third kappa shape index (κ3) is 4.22. The quantitative estimate of drug-likeness (QED) is 0.844. The molecule has 3 rings (SSSR count). The molecule has 1 heterocycles. The van der Waals surface area contributed by atoms with E-state index in [1.807, 2.05) is 50.2 Å². The number of ether oxygens (including phenoxy) is 1. The van der Waals surface area contributed by atoms with E-state index in [1.54, 1.807) is 11.0 Å². The molecule has 6 nitrogen and oxygen atoms in total. The number of amides is 2. The van der Waals surface area contributed by atoms with Crippen LogP contribution < -0.4 is 10.2 Å². The number of nitrogens with zero attached hydrogens (tertiary/aromatic N) is 2. The van der Waals surface area contributed by atoms with E-state index in [1.165, 1.54) is 12.7 Å². The number of esters is 1. The van der Waals surface area contributed by atoms with Crippen LogP contribution in [0.2, 0.25) is 0 Å². The van der Waals surface area contributed by atoms with Crippen molar-refractivity contribution in [3.8, 4) is 0 Å². The smallest absolute Gasteiger partial charge is 0.339 e. The summed E-state index contributed by atoms with van der Waals surface area (Å²) in [4.78, 5) is 28.4. The minimum atomic E-state index is -0.347. The Morgan fingerprint density at radius 3 is 2.33 bits per heavy atom. The average Bonchev–Trinajstić information content (AvgIpc) is 2.70. The van der Waals surface area contributed by atoms with E-state index < -0.39 is 0 Å². The third-order valence-electron chi connectivity index (χ3n) is 4.98. The summed E-state index contributed by atoms with van der Waals surface area (Å²) in [5.41, 5.74) is 4.55. The lowest BCUT2D eigenvalue weighted by molar-refractivity contribution is 0.0601. The number of piperazine rings is 1. The number of carbonyl (C=O) groups is 2. The monoisotopic (exact) mass is 367 g/mol. The maximum absolute atomic E-state index is 12.6. The van der Waals surface area contributed by atoms with E-state index in [-0.39, 0.29) is 12.0 Å². The second-order valence-electron chi connectivity index (χ2n) is 6.71. The van der Waals surface area contributed by atoms with Crippen LogP contribution in [0.3, 0.4) is 0 Å². The van der Waals surface area contributed by atoms with E-state index >= 15 is 0 Å². The van der Waals surface area contributed by atoms with Crippen LogP contribution in [0.15, 0.2) is 42.5 Å². The van der Waals surface area contributed by atoms with Crippen molar-refractivity contribution in [1.82, 2.24) is 4.90 Å². The summed E-state index contributed by atoms with van der Waals surface area (Å²) in [5, 5.41) is 2.97. The summed E-state index contributed by atoms with van der Waals surface area (Å²) in [5.74, 6) is -0.347. The Hall–Kier alpha value is -3.02. The number of hydrogen-bond acceptors (Lipinski definition) is 4. The van der Waals surface area contributed by atoms with Crippen LogP contribution in [0, 0.1) is 13.8 Å². The Morgan fingerprint density at radius 2 is 1.67 bits per heavy atom. The highest BCUT2D eigenvalue weighted by Crippen LogP contribution is 2.23. The third-order valence-corrected chi connectivity index (χ3v) is 4.98. The predicted octanol–water partition coefficient (Wildman–Crippen LogP) is 3.44. The van der Waals surface area contributed by atoms with Crippen molar-refractivity contribution in [2.75, 3.05) is 43.5 Å². The zero-order valence-corrected chi connectivity index (χ0v) is 16.0. The van der Waals surface area contributed by atoms with Gasteiger partial charge in [-0.2, -0.15) is 0 Å². The van der Waals surface area contributed by atoms with Gasteiger partial charge >= 0.3 is 12.0 Å². The van der Waals surface area contributed by atoms with Crippen LogP contribution >= 0.6 is 0 Å². The number of carbonyl (C=O) groups excluding carboxylic acids is 2. The molecule has 0 saturated carbocycles. The molecule has 0 aliphatic carbocycles. The fourth-order valence-electron chi connectivity index (χ4n) is 3.20. The molecule has 1 saturated heterocycles. The molecule has 142 valence electrons. The van der Waals surface area contributed by atoms with Gasteiger partial charge in [-0.1, -0.05) is 18.2 Å². The van der Waals surface area contributed by atoms with Gasteiger partial charge in [-0.25, -0.2) is 9.59 Å². The van der Waals surface area contributed by atoms with Gasteiger partial charge < -0.3 is 19.9 Å². The maximum Gasteiger partial charge on any atom is 0.339 e. The first kappa shape index (κ1) is 18.8. The SMILES string of the molecule is COC(=O)c1ccccc1N1CCN(C(=O)Nc2ccc(C)c(C)c2)CC1. The molecule has 1 fully saturated rings. The van der Waals surface area contributed by atoms with Crippen molar-refractivity contribution in [2.45, 2.75) is 13.8 Å². The Bertz CT molecular complexity index is 842. The lowest BCUT2D eigenvalue weighted by atomic mass is 10.1. The van der Waals surface area contributed by atoms with Gasteiger partial charge in [0.25, 0.3) is 0 Å². The molecule has 0 spiro atoms. The number of rotatable bonds is 3. The average molecular weight is 367 g/mol. The lowest BCUT2D eigenvalue weighted by Gasteiger charge is -2.36. The molecule has 0 bridgehead atoms. The van der Waals surface area contributed by atoms with Crippen molar-refractivity contribution in [3.63, 3.8) is 0 Å². The van der Waals surface area contributed by atoms with Crippen LogP contribution in [-0.2, 0) is 4.74 Å². The topological polar surface area (TPSA) is 61.9 Å². The van der Waals surface area contributed by atoms with Crippen molar-refractivity contribution in [2.24, 2.45) is 0 Å². The highest BCUT2D eigenvalue weighted by atomic mass is 16.5. The fraction of sp³-hybridized carbons (Fsp3) is 0.333. The summed E-state index contributed by atoms with van der Waals surface area (Å²) < 4.78 is 4.87. The zero-order valence-electron chi connectivity index (χ0n) is 16.0. The van der Waals surface area contributed by atoms with E-state index in [9.17, 15) is 9.59 Å².